The largest absolute Gasteiger partial charge is 0.478 e. The second-order valence-corrected chi connectivity index (χ2v) is 6.28. The fourth-order valence-corrected chi connectivity index (χ4v) is 2.52. The predicted molar refractivity (Wildman–Crippen MR) is 110 cm³/mol. The van der Waals surface area contributed by atoms with Crippen LogP contribution in [-0.4, -0.2) is 22.2 Å². The third kappa shape index (κ3) is 5.99. The van der Waals surface area contributed by atoms with E-state index in [0.717, 1.165) is 12.6 Å². The van der Waals surface area contributed by atoms with Crippen molar-refractivity contribution in [1.82, 2.24) is 0 Å². The first-order valence-electron chi connectivity index (χ1n) is 8.79. The highest BCUT2D eigenvalue weighted by atomic mass is 16.4. The van der Waals surface area contributed by atoms with E-state index < -0.39 is 11.9 Å². The van der Waals surface area contributed by atoms with Crippen LogP contribution in [0.15, 0.2) is 72.8 Å². The number of nitrogens with one attached hydrogen (secondary N) is 1. The molecular weight excluding hydrogens is 354 g/mol. The Morgan fingerprint density at radius 3 is 1.93 bits per heavy atom. The Labute approximate surface area is 164 Å². The number of carboxylic acids is 2. The van der Waals surface area contributed by atoms with Gasteiger partial charge in [-0.05, 0) is 54.8 Å². The standard InChI is InChI=1S/C15H17N.C8H6O4/c1-12-7-6-10-15(13(12)2)16-11-14-8-4-3-5-9-14;9-7(10)5-2-1-3-6(4-5)8(11)12/h3-10,16H,11H2,1-2H3;1-4H,(H,9,10)(H,11,12). The predicted octanol–water partition coefficient (Wildman–Crippen LogP) is 5.00. The molecule has 0 bridgehead atoms. The average Bonchev–Trinajstić information content (AvgIpc) is 2.70. The van der Waals surface area contributed by atoms with E-state index in [-0.39, 0.29) is 11.1 Å². The van der Waals surface area contributed by atoms with Crippen molar-refractivity contribution in [3.8, 4) is 0 Å². The number of anilines is 1. The van der Waals surface area contributed by atoms with Crippen molar-refractivity contribution in [2.75, 3.05) is 5.32 Å². The number of carbonyl (C=O) groups is 2. The maximum atomic E-state index is 10.4. The van der Waals surface area contributed by atoms with Crippen LogP contribution in [0.1, 0.15) is 37.4 Å². The number of aryl methyl sites for hydroxylation is 1. The SMILES string of the molecule is Cc1cccc(NCc2ccccc2)c1C.O=C(O)c1cccc(C(=O)O)c1. The van der Waals surface area contributed by atoms with Gasteiger partial charge in [-0.2, -0.15) is 0 Å². The molecule has 0 aromatic heterocycles. The highest BCUT2D eigenvalue weighted by Gasteiger charge is 2.06. The first-order valence-corrected chi connectivity index (χ1v) is 8.79. The van der Waals surface area contributed by atoms with Crippen LogP contribution in [0.4, 0.5) is 5.69 Å². The molecule has 0 aliphatic carbocycles. The van der Waals surface area contributed by atoms with Crippen molar-refractivity contribution in [3.05, 3.63) is 101 Å². The minimum Gasteiger partial charge on any atom is -0.478 e. The summed E-state index contributed by atoms with van der Waals surface area (Å²) in [4.78, 5) is 20.8. The van der Waals surface area contributed by atoms with Crippen LogP contribution in [0.5, 0.6) is 0 Å². The molecule has 3 aromatic carbocycles. The van der Waals surface area contributed by atoms with Crippen LogP contribution >= 0.6 is 0 Å². The van der Waals surface area contributed by atoms with Crippen LogP contribution in [0.2, 0.25) is 0 Å². The van der Waals surface area contributed by atoms with Crippen molar-refractivity contribution >= 4 is 17.6 Å². The molecule has 0 amide bonds. The maximum Gasteiger partial charge on any atom is 0.335 e. The molecule has 0 saturated carbocycles. The van der Waals surface area contributed by atoms with Crippen LogP contribution < -0.4 is 5.32 Å². The molecule has 0 saturated heterocycles. The molecule has 28 heavy (non-hydrogen) atoms. The minimum absolute atomic E-state index is 0.0186. The Kier molecular flexibility index (Phi) is 7.34. The Morgan fingerprint density at radius 2 is 1.36 bits per heavy atom. The van der Waals surface area contributed by atoms with E-state index in [1.807, 2.05) is 6.07 Å². The third-order valence-electron chi connectivity index (χ3n) is 4.29. The van der Waals surface area contributed by atoms with Crippen LogP contribution in [0, 0.1) is 13.8 Å². The Balaban J connectivity index is 0.000000209. The quantitative estimate of drug-likeness (QED) is 0.582. The van der Waals surface area contributed by atoms with Gasteiger partial charge in [0.05, 0.1) is 11.1 Å². The lowest BCUT2D eigenvalue weighted by Gasteiger charge is -2.11. The van der Waals surface area contributed by atoms with E-state index in [1.165, 1.54) is 40.6 Å². The number of aromatic carboxylic acids is 2. The van der Waals surface area contributed by atoms with Gasteiger partial charge in [0.15, 0.2) is 0 Å². The van der Waals surface area contributed by atoms with Gasteiger partial charge < -0.3 is 15.5 Å². The Hall–Kier alpha value is -3.60. The number of benzene rings is 3. The number of carboxylic acid groups (broad SMARTS) is 2. The highest BCUT2D eigenvalue weighted by Crippen LogP contribution is 2.18. The zero-order valence-corrected chi connectivity index (χ0v) is 15.8. The molecule has 5 heteroatoms. The van der Waals surface area contributed by atoms with Crippen LogP contribution in [0.25, 0.3) is 0 Å². The third-order valence-corrected chi connectivity index (χ3v) is 4.29. The van der Waals surface area contributed by atoms with Crippen molar-refractivity contribution < 1.29 is 19.8 Å². The van der Waals surface area contributed by atoms with Gasteiger partial charge in [0.1, 0.15) is 0 Å². The molecule has 0 aliphatic rings. The number of hydrogen-bond acceptors (Lipinski definition) is 3. The number of rotatable bonds is 5. The van der Waals surface area contributed by atoms with E-state index in [2.05, 4.69) is 61.6 Å². The topological polar surface area (TPSA) is 86.6 Å². The summed E-state index contributed by atoms with van der Waals surface area (Å²) < 4.78 is 0. The van der Waals surface area contributed by atoms with Gasteiger partial charge in [0, 0.05) is 12.2 Å². The molecule has 144 valence electrons. The molecular formula is C23H23NO4. The van der Waals surface area contributed by atoms with Gasteiger partial charge in [-0.25, -0.2) is 9.59 Å². The van der Waals surface area contributed by atoms with Gasteiger partial charge in [0.2, 0.25) is 0 Å². The zero-order chi connectivity index (χ0) is 20.5. The lowest BCUT2D eigenvalue weighted by Crippen LogP contribution is -2.01. The first-order chi connectivity index (χ1) is 13.4. The van der Waals surface area contributed by atoms with Gasteiger partial charge in [-0.3, -0.25) is 0 Å². The van der Waals surface area contributed by atoms with Gasteiger partial charge >= 0.3 is 11.9 Å². The number of hydrogen-bond donors (Lipinski definition) is 3. The monoisotopic (exact) mass is 377 g/mol. The van der Waals surface area contributed by atoms with E-state index in [1.54, 1.807) is 0 Å². The van der Waals surface area contributed by atoms with Gasteiger partial charge in [-0.1, -0.05) is 48.5 Å². The Morgan fingerprint density at radius 1 is 0.786 bits per heavy atom. The lowest BCUT2D eigenvalue weighted by molar-refractivity contribution is 0.0696. The summed E-state index contributed by atoms with van der Waals surface area (Å²) in [5.41, 5.74) is 5.16. The molecule has 3 N–H and O–H groups in total. The maximum absolute atomic E-state index is 10.4. The average molecular weight is 377 g/mol. The first kappa shape index (κ1) is 20.7. The summed E-state index contributed by atoms with van der Waals surface area (Å²) in [5.74, 6) is -2.25. The Bertz CT molecular complexity index is 923. The smallest absolute Gasteiger partial charge is 0.335 e. The van der Waals surface area contributed by atoms with Crippen LogP contribution in [0.3, 0.4) is 0 Å². The fraction of sp³-hybridized carbons (Fsp3) is 0.130. The molecule has 3 aromatic rings. The molecule has 0 radical (unpaired) electrons. The van der Waals surface area contributed by atoms with E-state index >= 15 is 0 Å². The zero-order valence-electron chi connectivity index (χ0n) is 15.8. The van der Waals surface area contributed by atoms with Gasteiger partial charge in [0.25, 0.3) is 0 Å². The van der Waals surface area contributed by atoms with E-state index in [0.29, 0.717) is 0 Å². The van der Waals surface area contributed by atoms with Crippen molar-refractivity contribution in [1.29, 1.82) is 0 Å². The molecule has 0 heterocycles. The molecule has 3 rings (SSSR count). The van der Waals surface area contributed by atoms with Crippen molar-refractivity contribution in [3.63, 3.8) is 0 Å². The summed E-state index contributed by atoms with van der Waals surface area (Å²) >= 11 is 0. The molecule has 0 spiro atoms. The van der Waals surface area contributed by atoms with Gasteiger partial charge in [-0.15, -0.1) is 0 Å². The van der Waals surface area contributed by atoms with Crippen molar-refractivity contribution in [2.45, 2.75) is 20.4 Å². The molecule has 0 unspecified atom stereocenters. The summed E-state index contributed by atoms with van der Waals surface area (Å²) in [6.07, 6.45) is 0. The van der Waals surface area contributed by atoms with Crippen LogP contribution in [-0.2, 0) is 6.54 Å². The second kappa shape index (κ2) is 9.92. The minimum atomic E-state index is -1.13. The molecule has 0 atom stereocenters. The highest BCUT2D eigenvalue weighted by molar-refractivity contribution is 5.93. The summed E-state index contributed by atoms with van der Waals surface area (Å²) in [6.45, 7) is 5.18. The summed E-state index contributed by atoms with van der Waals surface area (Å²) in [5, 5.41) is 20.5. The summed E-state index contributed by atoms with van der Waals surface area (Å²) in [6, 6.07) is 22.0. The molecule has 0 aliphatic heterocycles. The van der Waals surface area contributed by atoms with Crippen molar-refractivity contribution in [2.24, 2.45) is 0 Å². The van der Waals surface area contributed by atoms with E-state index in [4.69, 9.17) is 10.2 Å². The fourth-order valence-electron chi connectivity index (χ4n) is 2.52. The lowest BCUT2D eigenvalue weighted by atomic mass is 10.1. The second-order valence-electron chi connectivity index (χ2n) is 6.28. The molecule has 0 fully saturated rings. The van der Waals surface area contributed by atoms with E-state index in [9.17, 15) is 9.59 Å². The summed E-state index contributed by atoms with van der Waals surface area (Å²) in [7, 11) is 0. The normalized spacial score (nSPS) is 9.79. The molecule has 5 nitrogen and oxygen atoms in total.